The number of hydrogen-bond acceptors (Lipinski definition) is 5. The number of rotatable bonds is 3. The fourth-order valence-corrected chi connectivity index (χ4v) is 3.72. The molecule has 0 aliphatic carbocycles. The van der Waals surface area contributed by atoms with Crippen LogP contribution in [0.5, 0.6) is 5.75 Å². The van der Waals surface area contributed by atoms with Gasteiger partial charge in [-0.15, -0.1) is 0 Å². The molecule has 0 fully saturated rings. The van der Waals surface area contributed by atoms with Crippen molar-refractivity contribution >= 4 is 55.1 Å². The number of esters is 1. The van der Waals surface area contributed by atoms with Gasteiger partial charge in [-0.1, -0.05) is 51.0 Å². The van der Waals surface area contributed by atoms with E-state index in [1.807, 2.05) is 12.1 Å². The van der Waals surface area contributed by atoms with E-state index in [9.17, 15) is 9.59 Å². The zero-order valence-corrected chi connectivity index (χ0v) is 16.7. The summed E-state index contributed by atoms with van der Waals surface area (Å²) in [7, 11) is 0. The van der Waals surface area contributed by atoms with Crippen LogP contribution < -0.4 is 9.68 Å². The number of benzene rings is 3. The van der Waals surface area contributed by atoms with Crippen LogP contribution >= 0.6 is 38.9 Å². The molecule has 0 radical (unpaired) electrons. The predicted octanol–water partition coefficient (Wildman–Crippen LogP) is 6.16. The Labute approximate surface area is 171 Å². The Morgan fingerprint density at radius 3 is 2.44 bits per heavy atom. The second-order valence-corrected chi connectivity index (χ2v) is 7.98. The highest BCUT2D eigenvalue weighted by Gasteiger charge is 2.15. The summed E-state index contributed by atoms with van der Waals surface area (Å²) in [5.41, 5.74) is 2.33. The first kappa shape index (κ1) is 18.0. The third-order valence-electron chi connectivity index (χ3n) is 3.85. The molecule has 0 N–H and O–H groups in total. The van der Waals surface area contributed by atoms with E-state index >= 15 is 0 Å². The number of hydrogen-bond donors (Lipinski definition) is 0. The average Bonchev–Trinajstić information content (AvgIpc) is 3.02. The molecule has 0 bridgehead atoms. The number of carbonyl (C=O) groups is 1. The lowest BCUT2D eigenvalue weighted by atomic mass is 10.0. The standard InChI is InChI=1S/C20H10BrClO4S/c21-13-5-1-12(2-6-13)19(23)25-15-9-16(11-3-7-14(22)8-4-11)18-17(10-15)27-20(24)26-18/h1-10H. The van der Waals surface area contributed by atoms with Gasteiger partial charge in [-0.25, -0.2) is 9.59 Å². The van der Waals surface area contributed by atoms with Gasteiger partial charge in [-0.05, 0) is 48.0 Å². The molecule has 134 valence electrons. The first-order valence-corrected chi connectivity index (χ1v) is 9.80. The van der Waals surface area contributed by atoms with Crippen LogP contribution in [0.15, 0.2) is 74.3 Å². The summed E-state index contributed by atoms with van der Waals surface area (Å²) in [4.78, 5) is 23.7. The maximum absolute atomic E-state index is 12.4. The van der Waals surface area contributed by atoms with E-state index in [0.29, 0.717) is 32.2 Å². The van der Waals surface area contributed by atoms with Gasteiger partial charge in [0, 0.05) is 21.1 Å². The molecule has 0 amide bonds. The fourth-order valence-electron chi connectivity index (χ4n) is 2.61. The van der Waals surface area contributed by atoms with Crippen molar-refractivity contribution < 1.29 is 13.9 Å². The van der Waals surface area contributed by atoms with Crippen molar-refractivity contribution in [2.24, 2.45) is 0 Å². The van der Waals surface area contributed by atoms with Crippen LogP contribution in [0.1, 0.15) is 10.4 Å². The lowest BCUT2D eigenvalue weighted by molar-refractivity contribution is 0.0735. The molecule has 0 aliphatic rings. The van der Waals surface area contributed by atoms with Gasteiger partial charge in [0.1, 0.15) is 5.75 Å². The predicted molar refractivity (Wildman–Crippen MR) is 110 cm³/mol. The van der Waals surface area contributed by atoms with Crippen LogP contribution in [-0.2, 0) is 0 Å². The molecule has 1 heterocycles. The molecule has 7 heteroatoms. The molecule has 1 aromatic heterocycles. The minimum atomic E-state index is -0.486. The highest BCUT2D eigenvalue weighted by atomic mass is 79.9. The fraction of sp³-hybridized carbons (Fsp3) is 0. The van der Waals surface area contributed by atoms with E-state index in [2.05, 4.69) is 15.9 Å². The van der Waals surface area contributed by atoms with E-state index in [1.165, 1.54) is 0 Å². The van der Waals surface area contributed by atoms with Crippen molar-refractivity contribution in [2.75, 3.05) is 0 Å². The minimum Gasteiger partial charge on any atom is -0.423 e. The molecule has 27 heavy (non-hydrogen) atoms. The van der Waals surface area contributed by atoms with E-state index in [-0.39, 0.29) is 0 Å². The zero-order chi connectivity index (χ0) is 19.0. The van der Waals surface area contributed by atoms with Crippen LogP contribution in [0.4, 0.5) is 0 Å². The second-order valence-electron chi connectivity index (χ2n) is 5.66. The van der Waals surface area contributed by atoms with Crippen molar-refractivity contribution in [3.05, 3.63) is 85.5 Å². The summed E-state index contributed by atoms with van der Waals surface area (Å²) in [5.74, 6) is -0.155. The van der Waals surface area contributed by atoms with Crippen LogP contribution in [0.25, 0.3) is 21.4 Å². The zero-order valence-electron chi connectivity index (χ0n) is 13.6. The van der Waals surface area contributed by atoms with E-state index in [0.717, 1.165) is 21.4 Å². The molecular weight excluding hydrogens is 452 g/mol. The van der Waals surface area contributed by atoms with E-state index in [4.69, 9.17) is 20.8 Å². The van der Waals surface area contributed by atoms with Gasteiger partial charge in [0.15, 0.2) is 5.58 Å². The van der Waals surface area contributed by atoms with Gasteiger partial charge in [0.2, 0.25) is 0 Å². The highest BCUT2D eigenvalue weighted by molar-refractivity contribution is 9.10. The first-order chi connectivity index (χ1) is 13.0. The number of halogens is 2. The van der Waals surface area contributed by atoms with Crippen LogP contribution in [-0.4, -0.2) is 5.97 Å². The van der Waals surface area contributed by atoms with Gasteiger partial charge >= 0.3 is 10.9 Å². The summed E-state index contributed by atoms with van der Waals surface area (Å²) < 4.78 is 12.3. The van der Waals surface area contributed by atoms with Crippen molar-refractivity contribution in [3.63, 3.8) is 0 Å². The van der Waals surface area contributed by atoms with Gasteiger partial charge in [-0.2, -0.15) is 0 Å². The van der Waals surface area contributed by atoms with Crippen molar-refractivity contribution in [2.45, 2.75) is 0 Å². The summed E-state index contributed by atoms with van der Waals surface area (Å²) in [5, 5.41) is 0.597. The maximum atomic E-state index is 12.4. The molecular formula is C20H10BrClO4S. The summed E-state index contributed by atoms with van der Waals surface area (Å²) in [6.45, 7) is 0. The molecule has 4 rings (SSSR count). The molecule has 0 spiro atoms. The smallest absolute Gasteiger partial charge is 0.396 e. The van der Waals surface area contributed by atoms with Gasteiger partial charge < -0.3 is 9.15 Å². The molecule has 4 nitrogen and oxygen atoms in total. The van der Waals surface area contributed by atoms with Gasteiger partial charge in [0.05, 0.1) is 10.3 Å². The Balaban J connectivity index is 1.77. The minimum absolute atomic E-state index is 0.331. The first-order valence-electron chi connectivity index (χ1n) is 7.81. The maximum Gasteiger partial charge on any atom is 0.396 e. The molecule has 0 atom stereocenters. The summed E-state index contributed by atoms with van der Waals surface area (Å²) in [6.07, 6.45) is 0. The average molecular weight is 462 g/mol. The number of carbonyl (C=O) groups excluding carboxylic acids is 1. The third-order valence-corrected chi connectivity index (χ3v) is 5.41. The summed E-state index contributed by atoms with van der Waals surface area (Å²) in [6, 6.07) is 17.3. The number of fused-ring (bicyclic) bond motifs is 1. The monoisotopic (exact) mass is 460 g/mol. The molecule has 0 saturated carbocycles. The van der Waals surface area contributed by atoms with Gasteiger partial charge in [-0.3, -0.25) is 0 Å². The van der Waals surface area contributed by atoms with Crippen molar-refractivity contribution in [1.29, 1.82) is 0 Å². The quantitative estimate of drug-likeness (QED) is 0.271. The SMILES string of the molecule is O=C(Oc1cc(-c2ccc(Cl)cc2)c2oc(=O)sc2c1)c1ccc(Br)cc1. The van der Waals surface area contributed by atoms with E-state index < -0.39 is 10.9 Å². The second kappa shape index (κ2) is 7.31. The van der Waals surface area contributed by atoms with Crippen molar-refractivity contribution in [1.82, 2.24) is 0 Å². The molecule has 0 unspecified atom stereocenters. The van der Waals surface area contributed by atoms with Crippen LogP contribution in [0.3, 0.4) is 0 Å². The molecule has 4 aromatic rings. The Morgan fingerprint density at radius 2 is 1.74 bits per heavy atom. The Bertz CT molecular complexity index is 1190. The largest absolute Gasteiger partial charge is 0.423 e. The van der Waals surface area contributed by atoms with Crippen molar-refractivity contribution in [3.8, 4) is 16.9 Å². The third kappa shape index (κ3) is 3.83. The molecule has 0 saturated heterocycles. The highest BCUT2D eigenvalue weighted by Crippen LogP contribution is 2.35. The topological polar surface area (TPSA) is 56.5 Å². The van der Waals surface area contributed by atoms with Crippen LogP contribution in [0.2, 0.25) is 5.02 Å². The molecule has 3 aromatic carbocycles. The van der Waals surface area contributed by atoms with Gasteiger partial charge in [0.25, 0.3) is 0 Å². The Kier molecular flexibility index (Phi) is 4.86. The number of ether oxygens (including phenoxy) is 1. The lowest BCUT2D eigenvalue weighted by Gasteiger charge is -2.08. The van der Waals surface area contributed by atoms with E-state index in [1.54, 1.807) is 48.5 Å². The lowest BCUT2D eigenvalue weighted by Crippen LogP contribution is -2.08. The molecule has 0 aliphatic heterocycles. The summed E-state index contributed by atoms with van der Waals surface area (Å²) >= 11 is 10.2. The normalized spacial score (nSPS) is 10.9. The van der Waals surface area contributed by atoms with Crippen LogP contribution in [0, 0.1) is 0 Å². The Morgan fingerprint density at radius 1 is 1.04 bits per heavy atom. The Hall–Kier alpha value is -2.41.